The summed E-state index contributed by atoms with van der Waals surface area (Å²) in [6.07, 6.45) is 1.94. The largest absolute Gasteiger partial charge is 0.394 e. The molecule has 0 saturated carbocycles. The second-order valence-corrected chi connectivity index (χ2v) is 4.25. The zero-order chi connectivity index (χ0) is 12.1. The molecule has 5 nitrogen and oxygen atoms in total. The van der Waals surface area contributed by atoms with Gasteiger partial charge < -0.3 is 14.7 Å². The van der Waals surface area contributed by atoms with E-state index in [1.54, 1.807) is 0 Å². The Morgan fingerprint density at radius 1 is 1.47 bits per heavy atom. The number of rotatable bonds is 4. The topological polar surface area (TPSA) is 58.5 Å². The van der Waals surface area contributed by atoms with E-state index < -0.39 is 0 Å². The Morgan fingerprint density at radius 2 is 2.35 bits per heavy atom. The number of aryl methyl sites for hydroxylation is 1. The zero-order valence-electron chi connectivity index (χ0n) is 10.2. The third-order valence-corrected chi connectivity index (χ3v) is 2.88. The van der Waals surface area contributed by atoms with Gasteiger partial charge in [-0.05, 0) is 18.6 Å². The number of anilines is 1. The van der Waals surface area contributed by atoms with Crippen molar-refractivity contribution in [2.24, 2.45) is 0 Å². The van der Waals surface area contributed by atoms with Crippen molar-refractivity contribution in [3.8, 4) is 0 Å². The summed E-state index contributed by atoms with van der Waals surface area (Å²) in [5.74, 6) is 0.867. The predicted octanol–water partition coefficient (Wildman–Crippen LogP) is 0.627. The van der Waals surface area contributed by atoms with Crippen molar-refractivity contribution in [3.63, 3.8) is 0 Å². The van der Waals surface area contributed by atoms with Gasteiger partial charge in [-0.2, -0.15) is 5.10 Å². The molecule has 1 N–H and O–H groups in total. The summed E-state index contributed by atoms with van der Waals surface area (Å²) in [7, 11) is 0. The van der Waals surface area contributed by atoms with Crippen molar-refractivity contribution in [1.29, 1.82) is 0 Å². The van der Waals surface area contributed by atoms with Crippen molar-refractivity contribution in [2.45, 2.75) is 25.9 Å². The van der Waals surface area contributed by atoms with Crippen LogP contribution in [-0.2, 0) is 11.2 Å². The van der Waals surface area contributed by atoms with Crippen molar-refractivity contribution < 1.29 is 9.84 Å². The molecular weight excluding hydrogens is 218 g/mol. The average Bonchev–Trinajstić information content (AvgIpc) is 2.40. The number of nitrogens with zero attached hydrogens (tertiary/aromatic N) is 3. The van der Waals surface area contributed by atoms with Gasteiger partial charge in [0, 0.05) is 13.1 Å². The zero-order valence-corrected chi connectivity index (χ0v) is 10.2. The van der Waals surface area contributed by atoms with E-state index in [9.17, 15) is 0 Å². The molecule has 2 heterocycles. The molecule has 0 amide bonds. The molecule has 94 valence electrons. The molecule has 1 saturated heterocycles. The lowest BCUT2D eigenvalue weighted by Gasteiger charge is -2.32. The molecule has 1 atom stereocenters. The van der Waals surface area contributed by atoms with Gasteiger partial charge in [-0.15, -0.1) is 5.10 Å². The molecule has 1 aliphatic rings. The summed E-state index contributed by atoms with van der Waals surface area (Å²) >= 11 is 0. The molecule has 0 radical (unpaired) electrons. The molecule has 0 aliphatic carbocycles. The molecule has 5 heteroatoms. The Morgan fingerprint density at radius 3 is 3.00 bits per heavy atom. The highest BCUT2D eigenvalue weighted by Crippen LogP contribution is 2.14. The van der Waals surface area contributed by atoms with Gasteiger partial charge in [-0.25, -0.2) is 0 Å². The van der Waals surface area contributed by atoms with Gasteiger partial charge in [0.2, 0.25) is 0 Å². The van der Waals surface area contributed by atoms with Gasteiger partial charge in [-0.3, -0.25) is 0 Å². The summed E-state index contributed by atoms with van der Waals surface area (Å²) in [4.78, 5) is 2.10. The number of aliphatic hydroxyl groups excluding tert-OH is 1. The third kappa shape index (κ3) is 3.14. The van der Waals surface area contributed by atoms with Crippen LogP contribution in [0.15, 0.2) is 12.1 Å². The summed E-state index contributed by atoms with van der Waals surface area (Å²) < 4.78 is 5.40. The molecule has 1 fully saturated rings. The molecule has 1 unspecified atom stereocenters. The first-order valence-corrected chi connectivity index (χ1v) is 6.13. The van der Waals surface area contributed by atoms with E-state index in [1.165, 1.54) is 0 Å². The minimum atomic E-state index is -0.110. The van der Waals surface area contributed by atoms with E-state index in [4.69, 9.17) is 9.84 Å². The minimum Gasteiger partial charge on any atom is -0.394 e. The van der Waals surface area contributed by atoms with Crippen molar-refractivity contribution in [1.82, 2.24) is 10.2 Å². The molecule has 0 spiro atoms. The molecule has 1 aromatic heterocycles. The summed E-state index contributed by atoms with van der Waals surface area (Å²) in [6.45, 7) is 4.29. The number of aromatic nitrogens is 2. The van der Waals surface area contributed by atoms with E-state index in [0.717, 1.165) is 30.9 Å². The molecular formula is C12H19N3O2. The van der Waals surface area contributed by atoms with Crippen LogP contribution in [0.25, 0.3) is 0 Å². The lowest BCUT2D eigenvalue weighted by Crippen LogP contribution is -2.44. The Balaban J connectivity index is 2.01. The maximum atomic E-state index is 9.08. The second-order valence-electron chi connectivity index (χ2n) is 4.25. The van der Waals surface area contributed by atoms with E-state index in [2.05, 4.69) is 22.0 Å². The highest BCUT2D eigenvalue weighted by molar-refractivity contribution is 5.38. The monoisotopic (exact) mass is 237 g/mol. The standard InChI is InChI=1S/C12H19N3O2/c1-2-3-10-4-5-12(14-13-10)15-6-7-17-11(8-15)9-16/h4-5,11,16H,2-3,6-9H2,1H3. The Hall–Kier alpha value is -1.20. The van der Waals surface area contributed by atoms with Crippen molar-refractivity contribution in [3.05, 3.63) is 17.8 Å². The number of morpholine rings is 1. The van der Waals surface area contributed by atoms with Crippen molar-refractivity contribution in [2.75, 3.05) is 31.2 Å². The van der Waals surface area contributed by atoms with E-state index in [0.29, 0.717) is 13.2 Å². The van der Waals surface area contributed by atoms with E-state index in [-0.39, 0.29) is 12.7 Å². The molecule has 1 aliphatic heterocycles. The van der Waals surface area contributed by atoms with Gasteiger partial charge in [0.15, 0.2) is 5.82 Å². The minimum absolute atomic E-state index is 0.0534. The quantitative estimate of drug-likeness (QED) is 0.832. The molecule has 0 bridgehead atoms. The fourth-order valence-corrected chi connectivity index (χ4v) is 1.95. The maximum Gasteiger partial charge on any atom is 0.151 e. The van der Waals surface area contributed by atoms with Crippen LogP contribution in [-0.4, -0.2) is 47.7 Å². The summed E-state index contributed by atoms with van der Waals surface area (Å²) in [6, 6.07) is 4.02. The number of hydrogen-bond donors (Lipinski definition) is 1. The van der Waals surface area contributed by atoms with E-state index >= 15 is 0 Å². The van der Waals surface area contributed by atoms with Gasteiger partial charge in [-0.1, -0.05) is 13.3 Å². The number of hydrogen-bond acceptors (Lipinski definition) is 5. The first-order valence-electron chi connectivity index (χ1n) is 6.13. The van der Waals surface area contributed by atoms with Gasteiger partial charge in [0.25, 0.3) is 0 Å². The van der Waals surface area contributed by atoms with Crippen LogP contribution in [0.3, 0.4) is 0 Å². The van der Waals surface area contributed by atoms with Crippen LogP contribution >= 0.6 is 0 Å². The van der Waals surface area contributed by atoms with Crippen LogP contribution < -0.4 is 4.90 Å². The first kappa shape index (κ1) is 12.3. The molecule has 2 rings (SSSR count). The predicted molar refractivity (Wildman–Crippen MR) is 65.1 cm³/mol. The number of aliphatic hydroxyl groups is 1. The summed E-state index contributed by atoms with van der Waals surface area (Å²) in [5, 5.41) is 17.5. The fraction of sp³-hybridized carbons (Fsp3) is 0.667. The van der Waals surface area contributed by atoms with Crippen LogP contribution in [0.1, 0.15) is 19.0 Å². The SMILES string of the molecule is CCCc1ccc(N2CCOC(CO)C2)nn1. The lowest BCUT2D eigenvalue weighted by molar-refractivity contribution is 0.00332. The normalized spacial score (nSPS) is 20.6. The van der Waals surface area contributed by atoms with Crippen LogP contribution in [0, 0.1) is 0 Å². The smallest absolute Gasteiger partial charge is 0.151 e. The van der Waals surface area contributed by atoms with Crippen LogP contribution in [0.2, 0.25) is 0 Å². The highest BCUT2D eigenvalue weighted by Gasteiger charge is 2.20. The molecule has 1 aromatic rings. The van der Waals surface area contributed by atoms with Gasteiger partial charge in [0.1, 0.15) is 0 Å². The third-order valence-electron chi connectivity index (χ3n) is 2.88. The fourth-order valence-electron chi connectivity index (χ4n) is 1.95. The second kappa shape index (κ2) is 5.93. The van der Waals surface area contributed by atoms with Crippen molar-refractivity contribution >= 4 is 5.82 Å². The van der Waals surface area contributed by atoms with Crippen LogP contribution in [0.4, 0.5) is 5.82 Å². The first-order chi connectivity index (χ1) is 8.33. The van der Waals surface area contributed by atoms with Crippen LogP contribution in [0.5, 0.6) is 0 Å². The summed E-state index contributed by atoms with van der Waals surface area (Å²) in [5.41, 5.74) is 1.03. The Bertz CT molecular complexity index is 342. The Kier molecular flexibility index (Phi) is 4.28. The lowest BCUT2D eigenvalue weighted by atomic mass is 10.2. The van der Waals surface area contributed by atoms with Gasteiger partial charge in [0.05, 0.1) is 25.0 Å². The van der Waals surface area contributed by atoms with E-state index in [1.807, 2.05) is 12.1 Å². The average molecular weight is 237 g/mol. The number of ether oxygens (including phenoxy) is 1. The molecule has 0 aromatic carbocycles. The maximum absolute atomic E-state index is 9.08. The molecule has 17 heavy (non-hydrogen) atoms. The Labute approximate surface area is 101 Å². The highest BCUT2D eigenvalue weighted by atomic mass is 16.5. The van der Waals surface area contributed by atoms with Gasteiger partial charge >= 0.3 is 0 Å².